The molecule has 0 heterocycles. The van der Waals surface area contributed by atoms with Crippen LogP contribution >= 0.6 is 0 Å². The average Bonchev–Trinajstić information content (AvgIpc) is 2.52. The number of sulfone groups is 1. The average molecular weight is 379 g/mol. The maximum absolute atomic E-state index is 12.7. The maximum Gasteiger partial charge on any atom is 0.319 e. The Balaban J connectivity index is 1.70. The second-order valence-electron chi connectivity index (χ2n) is 7.76. The molecule has 0 saturated heterocycles. The van der Waals surface area contributed by atoms with E-state index in [0.717, 1.165) is 24.8 Å². The minimum Gasteiger partial charge on any atom is -0.480 e. The van der Waals surface area contributed by atoms with Crippen LogP contribution in [-0.4, -0.2) is 31.2 Å². The van der Waals surface area contributed by atoms with Crippen LogP contribution < -0.4 is 5.32 Å². The minimum absolute atomic E-state index is 0.0293. The third kappa shape index (κ3) is 3.02. The maximum atomic E-state index is 12.7. The first-order valence-electron chi connectivity index (χ1n) is 9.01. The van der Waals surface area contributed by atoms with Gasteiger partial charge >= 0.3 is 5.97 Å². The molecule has 26 heavy (non-hydrogen) atoms. The molecule has 0 bridgehead atoms. The predicted molar refractivity (Wildman–Crippen MR) is 96.3 cm³/mol. The number of rotatable bonds is 6. The van der Waals surface area contributed by atoms with Crippen molar-refractivity contribution in [3.63, 3.8) is 0 Å². The summed E-state index contributed by atoms with van der Waals surface area (Å²) < 4.78 is 23.7. The molecule has 1 unspecified atom stereocenters. The van der Waals surface area contributed by atoms with Crippen molar-refractivity contribution >= 4 is 21.7 Å². The molecule has 0 aliphatic heterocycles. The summed E-state index contributed by atoms with van der Waals surface area (Å²) in [5.74, 6) is -1.47. The Morgan fingerprint density at radius 3 is 2.19 bits per heavy atom. The fourth-order valence-electron chi connectivity index (χ4n) is 4.22. The summed E-state index contributed by atoms with van der Waals surface area (Å²) in [5, 5.41) is 12.4. The SMILES string of the molecule is CCS(=O)(=O)c1ccc(C(C)NC(=O)C2(C(=O)O)CC3(CCC3)C2)cc1. The lowest BCUT2D eigenvalue weighted by atomic mass is 9.45. The van der Waals surface area contributed by atoms with E-state index in [0.29, 0.717) is 12.8 Å². The Morgan fingerprint density at radius 1 is 1.19 bits per heavy atom. The lowest BCUT2D eigenvalue weighted by molar-refractivity contribution is -0.181. The smallest absolute Gasteiger partial charge is 0.319 e. The molecule has 2 aliphatic rings. The normalized spacial score (nSPS) is 21.3. The van der Waals surface area contributed by atoms with E-state index in [-0.39, 0.29) is 16.1 Å². The van der Waals surface area contributed by atoms with Gasteiger partial charge in [-0.15, -0.1) is 0 Å². The van der Waals surface area contributed by atoms with Crippen LogP contribution in [-0.2, 0) is 19.4 Å². The molecule has 1 spiro atoms. The van der Waals surface area contributed by atoms with Gasteiger partial charge in [0.15, 0.2) is 9.84 Å². The van der Waals surface area contributed by atoms with Gasteiger partial charge in [-0.3, -0.25) is 9.59 Å². The highest BCUT2D eigenvalue weighted by Crippen LogP contribution is 2.64. The van der Waals surface area contributed by atoms with Gasteiger partial charge in [-0.2, -0.15) is 0 Å². The molecule has 1 aromatic carbocycles. The van der Waals surface area contributed by atoms with E-state index >= 15 is 0 Å². The molecule has 2 aliphatic carbocycles. The molecule has 2 saturated carbocycles. The summed E-state index contributed by atoms with van der Waals surface area (Å²) in [7, 11) is -3.27. The number of benzene rings is 1. The topological polar surface area (TPSA) is 101 Å². The molecule has 1 aromatic rings. The number of amides is 1. The van der Waals surface area contributed by atoms with E-state index in [2.05, 4.69) is 5.32 Å². The lowest BCUT2D eigenvalue weighted by Crippen LogP contribution is -2.61. The molecule has 1 amide bonds. The Morgan fingerprint density at radius 2 is 1.77 bits per heavy atom. The third-order valence-corrected chi connectivity index (χ3v) is 7.83. The fourth-order valence-corrected chi connectivity index (χ4v) is 5.10. The molecule has 6 nitrogen and oxygen atoms in total. The van der Waals surface area contributed by atoms with Gasteiger partial charge in [0, 0.05) is 0 Å². The second-order valence-corrected chi connectivity index (χ2v) is 10.0. The molecule has 3 rings (SSSR count). The number of carboxylic acid groups (broad SMARTS) is 1. The van der Waals surface area contributed by atoms with Crippen molar-refractivity contribution in [3.05, 3.63) is 29.8 Å². The van der Waals surface area contributed by atoms with Gasteiger partial charge in [-0.1, -0.05) is 25.5 Å². The van der Waals surface area contributed by atoms with E-state index in [1.807, 2.05) is 0 Å². The Kier molecular flexibility index (Phi) is 4.63. The number of hydrogen-bond donors (Lipinski definition) is 2. The van der Waals surface area contributed by atoms with Gasteiger partial charge in [0.05, 0.1) is 16.7 Å². The van der Waals surface area contributed by atoms with Crippen molar-refractivity contribution in [2.75, 3.05) is 5.75 Å². The van der Waals surface area contributed by atoms with Gasteiger partial charge in [0.25, 0.3) is 0 Å². The van der Waals surface area contributed by atoms with Crippen LogP contribution in [0.4, 0.5) is 0 Å². The van der Waals surface area contributed by atoms with E-state index in [1.54, 1.807) is 26.0 Å². The van der Waals surface area contributed by atoms with Crippen molar-refractivity contribution < 1.29 is 23.1 Å². The van der Waals surface area contributed by atoms with Crippen LogP contribution in [0.25, 0.3) is 0 Å². The second kappa shape index (κ2) is 6.37. The number of carbonyl (C=O) groups excluding carboxylic acids is 1. The van der Waals surface area contributed by atoms with Crippen LogP contribution in [0.5, 0.6) is 0 Å². The predicted octanol–water partition coefficient (Wildman–Crippen LogP) is 2.69. The van der Waals surface area contributed by atoms with Gasteiger partial charge in [-0.25, -0.2) is 8.42 Å². The molecule has 0 radical (unpaired) electrons. The first kappa shape index (κ1) is 18.9. The molecule has 7 heteroatoms. The number of carboxylic acids is 1. The van der Waals surface area contributed by atoms with Crippen molar-refractivity contribution in [3.8, 4) is 0 Å². The van der Waals surface area contributed by atoms with Crippen molar-refractivity contribution in [1.82, 2.24) is 5.32 Å². The Hall–Kier alpha value is -1.89. The largest absolute Gasteiger partial charge is 0.480 e. The monoisotopic (exact) mass is 379 g/mol. The summed E-state index contributed by atoms with van der Waals surface area (Å²) >= 11 is 0. The van der Waals surface area contributed by atoms with Gasteiger partial charge in [0.2, 0.25) is 5.91 Å². The number of nitrogens with one attached hydrogen (secondary N) is 1. The zero-order chi connectivity index (χ0) is 19.2. The highest BCUT2D eigenvalue weighted by Gasteiger charge is 2.65. The van der Waals surface area contributed by atoms with Crippen LogP contribution in [0.1, 0.15) is 57.6 Å². The molecule has 2 fully saturated rings. The lowest BCUT2D eigenvalue weighted by Gasteiger charge is -2.58. The standard InChI is InChI=1S/C19H25NO5S/c1-3-26(24,25)15-7-5-14(6-8-15)13(2)20-16(21)19(17(22)23)11-18(12-19)9-4-10-18/h5-8,13H,3-4,9-12H2,1-2H3,(H,20,21)(H,22,23). The summed E-state index contributed by atoms with van der Waals surface area (Å²) in [6.45, 7) is 3.36. The van der Waals surface area contributed by atoms with E-state index in [4.69, 9.17) is 0 Å². The van der Waals surface area contributed by atoms with Crippen molar-refractivity contribution in [2.24, 2.45) is 10.8 Å². The molecule has 2 N–H and O–H groups in total. The third-order valence-electron chi connectivity index (χ3n) is 6.08. The van der Waals surface area contributed by atoms with Gasteiger partial charge < -0.3 is 10.4 Å². The highest BCUT2D eigenvalue weighted by molar-refractivity contribution is 7.91. The highest BCUT2D eigenvalue weighted by atomic mass is 32.2. The molecular formula is C19H25NO5S. The first-order chi connectivity index (χ1) is 12.1. The van der Waals surface area contributed by atoms with Gasteiger partial charge in [0.1, 0.15) is 5.41 Å². The van der Waals surface area contributed by atoms with E-state index < -0.39 is 33.2 Å². The first-order valence-corrected chi connectivity index (χ1v) is 10.7. The zero-order valence-corrected chi connectivity index (χ0v) is 15.9. The Bertz CT molecular complexity index is 816. The van der Waals surface area contributed by atoms with Crippen LogP contribution in [0.15, 0.2) is 29.2 Å². The van der Waals surface area contributed by atoms with Gasteiger partial charge in [-0.05, 0) is 55.7 Å². The Labute approximate surface area is 153 Å². The summed E-state index contributed by atoms with van der Waals surface area (Å²) in [5.41, 5.74) is -0.512. The minimum atomic E-state index is -3.27. The summed E-state index contributed by atoms with van der Waals surface area (Å²) in [4.78, 5) is 24.7. The zero-order valence-electron chi connectivity index (χ0n) is 15.1. The van der Waals surface area contributed by atoms with E-state index in [1.165, 1.54) is 12.1 Å². The molecule has 1 atom stereocenters. The number of aliphatic carboxylic acids is 1. The van der Waals surface area contributed by atoms with Crippen LogP contribution in [0.3, 0.4) is 0 Å². The van der Waals surface area contributed by atoms with Crippen molar-refractivity contribution in [1.29, 1.82) is 0 Å². The van der Waals surface area contributed by atoms with Crippen LogP contribution in [0, 0.1) is 10.8 Å². The van der Waals surface area contributed by atoms with Crippen LogP contribution in [0.2, 0.25) is 0 Å². The number of hydrogen-bond acceptors (Lipinski definition) is 4. The van der Waals surface area contributed by atoms with E-state index in [9.17, 15) is 23.1 Å². The number of carbonyl (C=O) groups is 2. The van der Waals surface area contributed by atoms with Crippen molar-refractivity contribution in [2.45, 2.75) is 56.9 Å². The summed E-state index contributed by atoms with van der Waals surface area (Å²) in [6, 6.07) is 5.98. The quantitative estimate of drug-likeness (QED) is 0.740. The molecule has 142 valence electrons. The fraction of sp³-hybridized carbons (Fsp3) is 0.579. The summed E-state index contributed by atoms with van der Waals surface area (Å²) in [6.07, 6.45) is 3.97. The molecule has 0 aromatic heterocycles. The molecular weight excluding hydrogens is 354 g/mol.